The Kier molecular flexibility index (Phi) is 6.16. The largest absolute Gasteiger partial charge is 0.493 e. The van der Waals surface area contributed by atoms with Crippen LogP contribution in [0.15, 0.2) is 39.8 Å². The summed E-state index contributed by atoms with van der Waals surface area (Å²) in [5.74, 6) is 3.41. The van der Waals surface area contributed by atoms with Crippen LogP contribution in [-0.4, -0.2) is 32.6 Å². The molecule has 2 aromatic rings. The van der Waals surface area contributed by atoms with Gasteiger partial charge in [-0.1, -0.05) is 27.7 Å². The van der Waals surface area contributed by atoms with Crippen LogP contribution in [0.3, 0.4) is 0 Å². The number of hydrogen-bond donors (Lipinski definition) is 1. The third kappa shape index (κ3) is 4.37. The average Bonchev–Trinajstić information content (AvgIpc) is 2.66. The van der Waals surface area contributed by atoms with Crippen molar-refractivity contribution in [3.63, 3.8) is 0 Å². The molecule has 0 spiro atoms. The molecule has 0 atom stereocenters. The minimum absolute atomic E-state index is 0.461. The molecule has 0 saturated heterocycles. The van der Waals surface area contributed by atoms with E-state index in [9.17, 15) is 0 Å². The van der Waals surface area contributed by atoms with E-state index in [1.54, 1.807) is 14.2 Å². The molecule has 0 saturated carbocycles. The van der Waals surface area contributed by atoms with Crippen molar-refractivity contribution >= 4 is 38.5 Å². The van der Waals surface area contributed by atoms with Gasteiger partial charge < -0.3 is 24.7 Å². The van der Waals surface area contributed by atoms with E-state index in [0.717, 1.165) is 21.5 Å². The van der Waals surface area contributed by atoms with Crippen molar-refractivity contribution < 1.29 is 18.9 Å². The van der Waals surface area contributed by atoms with E-state index in [1.165, 1.54) is 11.8 Å². The predicted octanol–water partition coefficient (Wildman–Crippen LogP) is 4.12. The van der Waals surface area contributed by atoms with Gasteiger partial charge in [-0.2, -0.15) is 0 Å². The van der Waals surface area contributed by atoms with Gasteiger partial charge in [0.15, 0.2) is 28.2 Å². The molecule has 1 aliphatic heterocycles. The van der Waals surface area contributed by atoms with Crippen LogP contribution < -0.4 is 24.7 Å². The SMILES string of the molecule is COc1cc(Br)c(CSC(N)=Nc2ccc3c(c2)OCCO3)cc1OC. The van der Waals surface area contributed by atoms with Crippen LogP contribution in [0.1, 0.15) is 5.56 Å². The van der Waals surface area contributed by atoms with Gasteiger partial charge in [0.2, 0.25) is 0 Å². The summed E-state index contributed by atoms with van der Waals surface area (Å²) in [5.41, 5.74) is 7.84. The number of rotatable bonds is 5. The van der Waals surface area contributed by atoms with E-state index >= 15 is 0 Å². The summed E-state index contributed by atoms with van der Waals surface area (Å²) >= 11 is 4.99. The Bertz CT molecular complexity index is 829. The molecule has 1 heterocycles. The maximum atomic E-state index is 6.08. The van der Waals surface area contributed by atoms with Crippen LogP contribution in [0.2, 0.25) is 0 Å². The molecule has 0 bridgehead atoms. The molecule has 0 aliphatic carbocycles. The number of amidine groups is 1. The standard InChI is InChI=1S/C18H19BrN2O4S/c1-22-15-7-11(13(19)9-16(15)23-2)10-26-18(20)21-12-3-4-14-17(8-12)25-6-5-24-14/h3-4,7-9H,5-6,10H2,1-2H3,(H2,20,21). The number of ether oxygens (including phenoxy) is 4. The molecule has 0 radical (unpaired) electrons. The summed E-state index contributed by atoms with van der Waals surface area (Å²) in [7, 11) is 3.22. The Morgan fingerprint density at radius 1 is 1.12 bits per heavy atom. The van der Waals surface area contributed by atoms with E-state index in [2.05, 4.69) is 20.9 Å². The second-order valence-corrected chi connectivity index (χ2v) is 7.22. The van der Waals surface area contributed by atoms with Gasteiger partial charge >= 0.3 is 0 Å². The minimum Gasteiger partial charge on any atom is -0.493 e. The van der Waals surface area contributed by atoms with Gasteiger partial charge in [0.05, 0.1) is 19.9 Å². The zero-order valence-electron chi connectivity index (χ0n) is 14.5. The molecule has 0 amide bonds. The normalized spacial score (nSPS) is 13.4. The highest BCUT2D eigenvalue weighted by Gasteiger charge is 2.13. The summed E-state index contributed by atoms with van der Waals surface area (Å²) < 4.78 is 22.6. The Morgan fingerprint density at radius 3 is 2.54 bits per heavy atom. The van der Waals surface area contributed by atoms with Crippen molar-refractivity contribution in [3.8, 4) is 23.0 Å². The van der Waals surface area contributed by atoms with Gasteiger partial charge in [-0.15, -0.1) is 0 Å². The lowest BCUT2D eigenvalue weighted by atomic mass is 10.2. The highest BCUT2D eigenvalue weighted by Crippen LogP contribution is 2.36. The summed E-state index contributed by atoms with van der Waals surface area (Å²) in [4.78, 5) is 4.44. The van der Waals surface area contributed by atoms with E-state index in [-0.39, 0.29) is 0 Å². The molecule has 0 fully saturated rings. The Hall–Kier alpha value is -2.06. The summed E-state index contributed by atoms with van der Waals surface area (Å²) in [6.07, 6.45) is 0. The first kappa shape index (κ1) is 18.7. The highest BCUT2D eigenvalue weighted by atomic mass is 79.9. The number of methoxy groups -OCH3 is 2. The van der Waals surface area contributed by atoms with E-state index < -0.39 is 0 Å². The zero-order chi connectivity index (χ0) is 18.5. The van der Waals surface area contributed by atoms with Gasteiger partial charge in [0, 0.05) is 16.3 Å². The van der Waals surface area contributed by atoms with Crippen molar-refractivity contribution in [2.24, 2.45) is 10.7 Å². The number of hydrogen-bond acceptors (Lipinski definition) is 6. The van der Waals surface area contributed by atoms with Gasteiger partial charge in [-0.25, -0.2) is 4.99 Å². The number of nitrogens with zero attached hydrogens (tertiary/aromatic N) is 1. The highest BCUT2D eigenvalue weighted by molar-refractivity contribution is 9.10. The topological polar surface area (TPSA) is 75.3 Å². The molecule has 138 valence electrons. The molecule has 0 aromatic heterocycles. The number of aliphatic imine (C=N–C) groups is 1. The molecule has 0 unspecified atom stereocenters. The average molecular weight is 439 g/mol. The van der Waals surface area contributed by atoms with Crippen molar-refractivity contribution in [3.05, 3.63) is 40.4 Å². The molecular weight excluding hydrogens is 420 g/mol. The van der Waals surface area contributed by atoms with Crippen LogP contribution in [0.4, 0.5) is 5.69 Å². The maximum Gasteiger partial charge on any atom is 0.163 e. The van der Waals surface area contributed by atoms with Crippen molar-refractivity contribution in [1.29, 1.82) is 0 Å². The van der Waals surface area contributed by atoms with Gasteiger partial charge in [-0.05, 0) is 29.8 Å². The van der Waals surface area contributed by atoms with Crippen LogP contribution in [0.25, 0.3) is 0 Å². The number of nitrogens with two attached hydrogens (primary N) is 1. The summed E-state index contributed by atoms with van der Waals surface area (Å²) in [6.45, 7) is 1.10. The number of benzene rings is 2. The van der Waals surface area contributed by atoms with Gasteiger partial charge in [0.1, 0.15) is 13.2 Å². The summed E-state index contributed by atoms with van der Waals surface area (Å²) in [6, 6.07) is 9.33. The zero-order valence-corrected chi connectivity index (χ0v) is 16.9. The van der Waals surface area contributed by atoms with Crippen LogP contribution in [-0.2, 0) is 5.75 Å². The Morgan fingerprint density at radius 2 is 1.81 bits per heavy atom. The maximum absolute atomic E-state index is 6.08. The second-order valence-electron chi connectivity index (χ2n) is 5.37. The fourth-order valence-electron chi connectivity index (χ4n) is 2.42. The van der Waals surface area contributed by atoms with Gasteiger partial charge in [0.25, 0.3) is 0 Å². The van der Waals surface area contributed by atoms with Crippen molar-refractivity contribution in [1.82, 2.24) is 0 Å². The fourth-order valence-corrected chi connectivity index (χ4v) is 3.78. The lowest BCUT2D eigenvalue weighted by Gasteiger charge is -2.18. The van der Waals surface area contributed by atoms with Crippen LogP contribution in [0, 0.1) is 0 Å². The van der Waals surface area contributed by atoms with E-state index in [4.69, 9.17) is 24.7 Å². The van der Waals surface area contributed by atoms with E-state index in [0.29, 0.717) is 41.4 Å². The van der Waals surface area contributed by atoms with E-state index in [1.807, 2.05) is 30.3 Å². The number of thioether (sulfide) groups is 1. The van der Waals surface area contributed by atoms with Crippen molar-refractivity contribution in [2.45, 2.75) is 5.75 Å². The Labute approximate surface area is 164 Å². The van der Waals surface area contributed by atoms with Crippen LogP contribution >= 0.6 is 27.7 Å². The molecule has 8 heteroatoms. The lowest BCUT2D eigenvalue weighted by molar-refractivity contribution is 0.171. The first-order chi connectivity index (χ1) is 12.6. The quantitative estimate of drug-likeness (QED) is 0.558. The monoisotopic (exact) mass is 438 g/mol. The number of halogens is 1. The summed E-state index contributed by atoms with van der Waals surface area (Å²) in [5, 5.41) is 0.461. The lowest BCUT2D eigenvalue weighted by Crippen LogP contribution is -2.15. The molecular formula is C18H19BrN2O4S. The minimum atomic E-state index is 0.461. The third-order valence-corrected chi connectivity index (χ3v) is 5.27. The Balaban J connectivity index is 1.70. The predicted molar refractivity (Wildman–Crippen MR) is 107 cm³/mol. The van der Waals surface area contributed by atoms with Crippen LogP contribution in [0.5, 0.6) is 23.0 Å². The first-order valence-corrected chi connectivity index (χ1v) is 9.65. The molecule has 1 aliphatic rings. The molecule has 26 heavy (non-hydrogen) atoms. The molecule has 2 aromatic carbocycles. The molecule has 2 N–H and O–H groups in total. The first-order valence-electron chi connectivity index (χ1n) is 7.87. The third-order valence-electron chi connectivity index (χ3n) is 3.69. The smallest absolute Gasteiger partial charge is 0.163 e. The fraction of sp³-hybridized carbons (Fsp3) is 0.278. The van der Waals surface area contributed by atoms with Crippen molar-refractivity contribution in [2.75, 3.05) is 27.4 Å². The molecule has 3 rings (SSSR count). The number of fused-ring (bicyclic) bond motifs is 1. The second kappa shape index (κ2) is 8.55. The molecule has 6 nitrogen and oxygen atoms in total. The van der Waals surface area contributed by atoms with Gasteiger partial charge in [-0.3, -0.25) is 0 Å².